The van der Waals surface area contributed by atoms with Gasteiger partial charge in [0.25, 0.3) is 5.91 Å². The van der Waals surface area contributed by atoms with E-state index in [-0.39, 0.29) is 5.76 Å². The quantitative estimate of drug-likeness (QED) is 0.381. The van der Waals surface area contributed by atoms with Crippen molar-refractivity contribution in [1.82, 2.24) is 9.78 Å². The van der Waals surface area contributed by atoms with Crippen LogP contribution in [0.15, 0.2) is 65.1 Å². The number of hydrogen-bond acceptors (Lipinski definition) is 5. The van der Waals surface area contributed by atoms with Crippen LogP contribution in [0.1, 0.15) is 27.5 Å². The summed E-state index contributed by atoms with van der Waals surface area (Å²) >= 11 is 6.16. The lowest BCUT2D eigenvalue weighted by molar-refractivity contribution is -0.119. The largest absolute Gasteiger partial charge is 0.450 e. The van der Waals surface area contributed by atoms with E-state index in [0.29, 0.717) is 27.7 Å². The average Bonchev–Trinajstić information content (AvgIpc) is 3.39. The monoisotopic (exact) mass is 463 g/mol. The summed E-state index contributed by atoms with van der Waals surface area (Å²) < 4.78 is 12.4. The second-order valence-corrected chi connectivity index (χ2v) is 7.97. The van der Waals surface area contributed by atoms with Crippen LogP contribution in [-0.4, -0.2) is 28.3 Å². The van der Waals surface area contributed by atoms with Gasteiger partial charge in [0.15, 0.2) is 6.61 Å². The molecule has 0 aliphatic heterocycles. The normalized spacial score (nSPS) is 10.8. The van der Waals surface area contributed by atoms with E-state index >= 15 is 0 Å². The number of carbonyl (C=O) groups is 2. The molecular weight excluding hydrogens is 442 g/mol. The smallest absolute Gasteiger partial charge is 0.374 e. The van der Waals surface area contributed by atoms with Crippen LogP contribution < -0.4 is 5.32 Å². The number of rotatable bonds is 6. The third-order valence-electron chi connectivity index (χ3n) is 5.12. The molecule has 2 heterocycles. The molecule has 0 saturated heterocycles. The van der Waals surface area contributed by atoms with Crippen molar-refractivity contribution < 1.29 is 18.7 Å². The molecule has 1 N–H and O–H groups in total. The van der Waals surface area contributed by atoms with Gasteiger partial charge in [-0.05, 0) is 57.2 Å². The summed E-state index contributed by atoms with van der Waals surface area (Å²) in [4.78, 5) is 24.8. The molecule has 0 bridgehead atoms. The van der Waals surface area contributed by atoms with Gasteiger partial charge < -0.3 is 14.5 Å². The lowest BCUT2D eigenvalue weighted by Gasteiger charge is -2.08. The number of hydrogen-bond donors (Lipinski definition) is 1. The van der Waals surface area contributed by atoms with Crippen molar-refractivity contribution >= 4 is 29.2 Å². The maximum Gasteiger partial charge on any atom is 0.374 e. The zero-order valence-electron chi connectivity index (χ0n) is 18.4. The molecule has 1 amide bonds. The first-order chi connectivity index (χ1) is 15.8. The van der Waals surface area contributed by atoms with Crippen molar-refractivity contribution in [2.75, 3.05) is 11.9 Å². The molecule has 8 heteroatoms. The van der Waals surface area contributed by atoms with Gasteiger partial charge in [-0.2, -0.15) is 5.10 Å². The van der Waals surface area contributed by atoms with Crippen molar-refractivity contribution in [3.05, 3.63) is 88.4 Å². The molecule has 168 valence electrons. The molecule has 2 aromatic carbocycles. The second-order valence-electron chi connectivity index (χ2n) is 7.56. The number of nitrogens with zero attached hydrogens (tertiary/aromatic N) is 2. The Hall–Kier alpha value is -3.84. The Morgan fingerprint density at radius 2 is 1.76 bits per heavy atom. The first kappa shape index (κ1) is 22.4. The van der Waals surface area contributed by atoms with Crippen molar-refractivity contribution in [3.63, 3.8) is 0 Å². The van der Waals surface area contributed by atoms with Crippen LogP contribution in [0.4, 0.5) is 5.69 Å². The number of nitrogens with one attached hydrogen (secondary N) is 1. The van der Waals surface area contributed by atoms with Gasteiger partial charge in [0.05, 0.1) is 27.8 Å². The van der Waals surface area contributed by atoms with Crippen LogP contribution >= 0.6 is 11.6 Å². The highest BCUT2D eigenvalue weighted by Gasteiger charge is 2.19. The number of anilines is 1. The van der Waals surface area contributed by atoms with E-state index in [0.717, 1.165) is 16.9 Å². The van der Waals surface area contributed by atoms with Crippen LogP contribution in [0.25, 0.3) is 17.0 Å². The van der Waals surface area contributed by atoms with E-state index in [1.807, 2.05) is 44.2 Å². The molecule has 0 unspecified atom stereocenters. The summed E-state index contributed by atoms with van der Waals surface area (Å²) in [6, 6.07) is 18.2. The molecule has 0 aliphatic carbocycles. The number of benzene rings is 2. The Morgan fingerprint density at radius 1 is 1.03 bits per heavy atom. The van der Waals surface area contributed by atoms with Crippen molar-refractivity contribution in [3.8, 4) is 17.0 Å². The average molecular weight is 464 g/mol. The molecule has 4 rings (SSSR count). The maximum absolute atomic E-state index is 12.4. The van der Waals surface area contributed by atoms with Gasteiger partial charge in [-0.25, -0.2) is 9.48 Å². The highest BCUT2D eigenvalue weighted by molar-refractivity contribution is 6.33. The standard InChI is InChI=1S/C25H22ClN3O4/c1-15-8-10-18(11-9-15)29-17(3)24(16(2)28-29)27-23(30)14-32-25(31)22-13-12-21(33-22)19-6-4-5-7-20(19)26/h4-13H,14H2,1-3H3,(H,27,30). The minimum absolute atomic E-state index is 0.0164. The van der Waals surface area contributed by atoms with Gasteiger partial charge >= 0.3 is 5.97 Å². The number of ether oxygens (including phenoxy) is 1. The molecule has 7 nitrogen and oxygen atoms in total. The maximum atomic E-state index is 12.4. The van der Waals surface area contributed by atoms with Crippen LogP contribution in [0.2, 0.25) is 5.02 Å². The van der Waals surface area contributed by atoms with Crippen molar-refractivity contribution in [2.45, 2.75) is 20.8 Å². The van der Waals surface area contributed by atoms with E-state index < -0.39 is 18.5 Å². The Morgan fingerprint density at radius 3 is 2.48 bits per heavy atom. The molecule has 0 radical (unpaired) electrons. The number of halogens is 1. The minimum Gasteiger partial charge on any atom is -0.450 e. The first-order valence-electron chi connectivity index (χ1n) is 10.3. The fourth-order valence-electron chi connectivity index (χ4n) is 3.39. The third kappa shape index (κ3) is 4.83. The summed E-state index contributed by atoms with van der Waals surface area (Å²) in [6.07, 6.45) is 0. The van der Waals surface area contributed by atoms with E-state index in [4.69, 9.17) is 20.8 Å². The number of aryl methyl sites for hydroxylation is 2. The summed E-state index contributed by atoms with van der Waals surface area (Å²) in [5.74, 6) is -0.799. The number of furan rings is 1. The van der Waals surface area contributed by atoms with Crippen LogP contribution in [0.5, 0.6) is 0 Å². The predicted octanol–water partition coefficient (Wildman–Crippen LogP) is 5.51. The predicted molar refractivity (Wildman–Crippen MR) is 126 cm³/mol. The van der Waals surface area contributed by atoms with Gasteiger partial charge in [0, 0.05) is 5.56 Å². The SMILES string of the molecule is Cc1ccc(-n2nc(C)c(NC(=O)COC(=O)c3ccc(-c4ccccc4Cl)o3)c2C)cc1. The Kier molecular flexibility index (Phi) is 6.33. The van der Waals surface area contributed by atoms with E-state index in [1.54, 1.807) is 35.9 Å². The lowest BCUT2D eigenvalue weighted by Crippen LogP contribution is -2.21. The Labute approximate surface area is 195 Å². The Balaban J connectivity index is 1.40. The third-order valence-corrected chi connectivity index (χ3v) is 5.44. The number of aromatic nitrogens is 2. The Bertz CT molecular complexity index is 1320. The minimum atomic E-state index is -0.743. The zero-order chi connectivity index (χ0) is 23.5. The summed E-state index contributed by atoms with van der Waals surface area (Å²) in [5, 5.41) is 7.79. The number of esters is 1. The van der Waals surface area contributed by atoms with Crippen LogP contribution in [0.3, 0.4) is 0 Å². The summed E-state index contributed by atoms with van der Waals surface area (Å²) in [5.41, 5.74) is 4.70. The molecule has 4 aromatic rings. The van der Waals surface area contributed by atoms with Gasteiger partial charge in [-0.15, -0.1) is 0 Å². The lowest BCUT2D eigenvalue weighted by atomic mass is 10.2. The highest BCUT2D eigenvalue weighted by Crippen LogP contribution is 2.29. The molecule has 2 aromatic heterocycles. The molecule has 33 heavy (non-hydrogen) atoms. The van der Waals surface area contributed by atoms with Gasteiger partial charge in [-0.1, -0.05) is 41.4 Å². The topological polar surface area (TPSA) is 86.4 Å². The van der Waals surface area contributed by atoms with Gasteiger partial charge in [0.2, 0.25) is 5.76 Å². The van der Waals surface area contributed by atoms with Crippen molar-refractivity contribution in [2.24, 2.45) is 0 Å². The highest BCUT2D eigenvalue weighted by atomic mass is 35.5. The fraction of sp³-hybridized carbons (Fsp3) is 0.160. The summed E-state index contributed by atoms with van der Waals surface area (Å²) in [6.45, 7) is 5.22. The zero-order valence-corrected chi connectivity index (χ0v) is 19.1. The molecule has 0 spiro atoms. The van der Waals surface area contributed by atoms with E-state index in [2.05, 4.69) is 10.4 Å². The molecule has 0 fully saturated rings. The molecule has 0 saturated carbocycles. The second kappa shape index (κ2) is 9.34. The fourth-order valence-corrected chi connectivity index (χ4v) is 3.62. The van der Waals surface area contributed by atoms with Gasteiger partial charge in [0.1, 0.15) is 5.76 Å². The first-order valence-corrected chi connectivity index (χ1v) is 10.7. The van der Waals surface area contributed by atoms with Crippen LogP contribution in [-0.2, 0) is 9.53 Å². The molecule has 0 atom stereocenters. The van der Waals surface area contributed by atoms with Gasteiger partial charge in [-0.3, -0.25) is 4.79 Å². The molecule has 0 aliphatic rings. The number of carbonyl (C=O) groups excluding carboxylic acids is 2. The van der Waals surface area contributed by atoms with Crippen LogP contribution in [0, 0.1) is 20.8 Å². The summed E-state index contributed by atoms with van der Waals surface area (Å²) in [7, 11) is 0. The van der Waals surface area contributed by atoms with E-state index in [9.17, 15) is 9.59 Å². The number of amides is 1. The molecular formula is C25H22ClN3O4. The van der Waals surface area contributed by atoms with E-state index in [1.165, 1.54) is 6.07 Å². The van der Waals surface area contributed by atoms with Crippen molar-refractivity contribution in [1.29, 1.82) is 0 Å².